The lowest BCUT2D eigenvalue weighted by Gasteiger charge is -2.14. The van der Waals surface area contributed by atoms with Gasteiger partial charge in [0.05, 0.1) is 11.2 Å². The molecule has 0 bridgehead atoms. The van der Waals surface area contributed by atoms with Crippen LogP contribution in [-0.2, 0) is 11.3 Å². The molecule has 1 aliphatic rings. The lowest BCUT2D eigenvalue weighted by atomic mass is 9.89. The molecule has 1 amide bonds. The molecule has 1 unspecified atom stereocenters. The molecule has 5 rings (SSSR count). The summed E-state index contributed by atoms with van der Waals surface area (Å²) in [4.78, 5) is 12.6. The van der Waals surface area contributed by atoms with E-state index in [1.165, 1.54) is 11.1 Å². The number of carbonyl (C=O) groups is 1. The molecular weight excluding hydrogens is 412 g/mol. The first-order valence-corrected chi connectivity index (χ1v) is 10.2. The van der Waals surface area contributed by atoms with Gasteiger partial charge in [-0.2, -0.15) is 0 Å². The zero-order valence-corrected chi connectivity index (χ0v) is 16.8. The Kier molecular flexibility index (Phi) is 4.29. The highest BCUT2D eigenvalue weighted by Crippen LogP contribution is 2.41. The molecule has 3 aromatic carbocycles. The summed E-state index contributed by atoms with van der Waals surface area (Å²) in [6.07, 6.45) is 2.68. The number of anilines is 1. The van der Waals surface area contributed by atoms with E-state index in [1.54, 1.807) is 0 Å². The maximum absolute atomic E-state index is 12.6. The van der Waals surface area contributed by atoms with Crippen molar-refractivity contribution >= 4 is 38.4 Å². The van der Waals surface area contributed by atoms with E-state index in [0.717, 1.165) is 33.2 Å². The smallest absolute Gasteiger partial charge is 0.225 e. The summed E-state index contributed by atoms with van der Waals surface area (Å²) in [6.45, 7) is 0.807. The first kappa shape index (κ1) is 17.3. The van der Waals surface area contributed by atoms with E-state index in [0.29, 0.717) is 6.42 Å². The number of nitrogens with zero attached hydrogens (tertiary/aromatic N) is 1. The van der Waals surface area contributed by atoms with Gasteiger partial charge in [0.25, 0.3) is 0 Å². The third-order valence-corrected chi connectivity index (χ3v) is 5.97. The first-order valence-electron chi connectivity index (χ1n) is 9.40. The molecule has 1 aliphatic heterocycles. The largest absolute Gasteiger partial charge is 0.343 e. The molecule has 0 spiro atoms. The fraction of sp³-hybridized carbons (Fsp3) is 0.125. The zero-order valence-electron chi connectivity index (χ0n) is 15.2. The topological polar surface area (TPSA) is 34.0 Å². The second-order valence-electron chi connectivity index (χ2n) is 7.25. The number of halogens is 1. The fourth-order valence-corrected chi connectivity index (χ4v) is 4.42. The second-order valence-corrected chi connectivity index (χ2v) is 8.17. The Morgan fingerprint density at radius 3 is 2.54 bits per heavy atom. The number of hydrogen-bond donors (Lipinski definition) is 1. The number of aromatic nitrogens is 1. The Hall–Kier alpha value is -2.85. The van der Waals surface area contributed by atoms with Gasteiger partial charge in [0, 0.05) is 34.9 Å². The number of carbonyl (C=O) groups excluding carboxylic acids is 1. The average Bonchev–Trinajstić information content (AvgIpc) is 2.99. The predicted octanol–water partition coefficient (Wildman–Crippen LogP) is 5.93. The normalized spacial score (nSPS) is 16.0. The van der Waals surface area contributed by atoms with Crippen LogP contribution in [0.1, 0.15) is 29.0 Å². The van der Waals surface area contributed by atoms with Crippen molar-refractivity contribution in [2.75, 3.05) is 5.32 Å². The Morgan fingerprint density at radius 1 is 0.964 bits per heavy atom. The van der Waals surface area contributed by atoms with Crippen LogP contribution in [0.4, 0.5) is 5.69 Å². The maximum atomic E-state index is 12.6. The summed E-state index contributed by atoms with van der Waals surface area (Å²) in [5.74, 6) is 0.0995. The maximum Gasteiger partial charge on any atom is 0.225 e. The summed E-state index contributed by atoms with van der Waals surface area (Å²) < 4.78 is 3.34. The van der Waals surface area contributed by atoms with E-state index in [-0.39, 0.29) is 11.8 Å². The highest BCUT2D eigenvalue weighted by Gasteiger charge is 2.27. The van der Waals surface area contributed by atoms with E-state index in [4.69, 9.17) is 0 Å². The fourth-order valence-electron chi connectivity index (χ4n) is 4.15. The van der Waals surface area contributed by atoms with E-state index in [9.17, 15) is 4.79 Å². The Bertz CT molecular complexity index is 1160. The lowest BCUT2D eigenvalue weighted by Crippen LogP contribution is -2.13. The van der Waals surface area contributed by atoms with Crippen molar-refractivity contribution in [3.63, 3.8) is 0 Å². The standard InChI is InChI=1S/C24H19BrN2O/c25-18-11-9-17(10-12-18)19-13-23(28)26-21-7-4-8-22-24(21)20(19)15-27(22)14-16-5-2-1-3-6-16/h1-12,15,19H,13-14H2,(H,26,28). The molecule has 4 aromatic rings. The van der Waals surface area contributed by atoms with Gasteiger partial charge in [-0.05, 0) is 41.0 Å². The molecule has 0 fully saturated rings. The minimum Gasteiger partial charge on any atom is -0.343 e. The molecular formula is C24H19BrN2O. The van der Waals surface area contributed by atoms with Crippen LogP contribution < -0.4 is 5.32 Å². The predicted molar refractivity (Wildman–Crippen MR) is 117 cm³/mol. The molecule has 4 heteroatoms. The van der Waals surface area contributed by atoms with Crippen molar-refractivity contribution in [2.45, 2.75) is 18.9 Å². The molecule has 1 atom stereocenters. The van der Waals surface area contributed by atoms with Crippen LogP contribution in [-0.4, -0.2) is 10.5 Å². The van der Waals surface area contributed by atoms with E-state index in [1.807, 2.05) is 30.3 Å². The van der Waals surface area contributed by atoms with Crippen molar-refractivity contribution in [1.82, 2.24) is 4.57 Å². The van der Waals surface area contributed by atoms with Crippen LogP contribution in [0.25, 0.3) is 10.9 Å². The quantitative estimate of drug-likeness (QED) is 0.429. The molecule has 0 aliphatic carbocycles. The van der Waals surface area contributed by atoms with Gasteiger partial charge in [0.15, 0.2) is 0 Å². The molecule has 0 saturated carbocycles. The molecule has 1 aromatic heterocycles. The Morgan fingerprint density at radius 2 is 1.75 bits per heavy atom. The molecule has 138 valence electrons. The number of nitrogens with one attached hydrogen (secondary N) is 1. The van der Waals surface area contributed by atoms with Crippen LogP contribution in [0.2, 0.25) is 0 Å². The highest BCUT2D eigenvalue weighted by atomic mass is 79.9. The lowest BCUT2D eigenvalue weighted by molar-refractivity contribution is -0.116. The van der Waals surface area contributed by atoms with Gasteiger partial charge in [0.2, 0.25) is 5.91 Å². The summed E-state index contributed by atoms with van der Waals surface area (Å²) >= 11 is 3.51. The summed E-state index contributed by atoms with van der Waals surface area (Å²) in [5.41, 5.74) is 5.69. The molecule has 28 heavy (non-hydrogen) atoms. The van der Waals surface area contributed by atoms with Crippen molar-refractivity contribution in [3.05, 3.63) is 100 Å². The highest BCUT2D eigenvalue weighted by molar-refractivity contribution is 9.10. The minimum absolute atomic E-state index is 0.0382. The van der Waals surface area contributed by atoms with Gasteiger partial charge < -0.3 is 9.88 Å². The van der Waals surface area contributed by atoms with E-state index >= 15 is 0 Å². The summed E-state index contributed by atoms with van der Waals surface area (Å²) in [5, 5.41) is 4.26. The zero-order chi connectivity index (χ0) is 19.1. The Balaban J connectivity index is 1.69. The number of hydrogen-bond acceptors (Lipinski definition) is 1. The van der Waals surface area contributed by atoms with E-state index < -0.39 is 0 Å². The van der Waals surface area contributed by atoms with Crippen molar-refractivity contribution < 1.29 is 4.79 Å². The van der Waals surface area contributed by atoms with Crippen molar-refractivity contribution in [3.8, 4) is 0 Å². The van der Waals surface area contributed by atoms with Crippen LogP contribution in [0.15, 0.2) is 83.5 Å². The molecule has 0 radical (unpaired) electrons. The number of amides is 1. The van der Waals surface area contributed by atoms with Crippen molar-refractivity contribution in [1.29, 1.82) is 0 Å². The molecule has 2 heterocycles. The number of benzene rings is 3. The number of rotatable bonds is 3. The van der Waals surface area contributed by atoms with Crippen LogP contribution in [0.3, 0.4) is 0 Å². The molecule has 1 N–H and O–H groups in total. The molecule has 0 saturated heterocycles. The van der Waals surface area contributed by atoms with E-state index in [2.05, 4.69) is 74.5 Å². The van der Waals surface area contributed by atoms with Gasteiger partial charge in [-0.25, -0.2) is 0 Å². The third kappa shape index (κ3) is 3.04. The van der Waals surface area contributed by atoms with Gasteiger partial charge >= 0.3 is 0 Å². The van der Waals surface area contributed by atoms with Gasteiger partial charge in [-0.1, -0.05) is 64.5 Å². The van der Waals surface area contributed by atoms with Gasteiger partial charge in [-0.15, -0.1) is 0 Å². The van der Waals surface area contributed by atoms with Crippen LogP contribution in [0, 0.1) is 0 Å². The third-order valence-electron chi connectivity index (χ3n) is 5.44. The minimum atomic E-state index is 0.0382. The Labute approximate surface area is 172 Å². The monoisotopic (exact) mass is 430 g/mol. The average molecular weight is 431 g/mol. The second kappa shape index (κ2) is 6.95. The van der Waals surface area contributed by atoms with Crippen molar-refractivity contribution in [2.24, 2.45) is 0 Å². The summed E-state index contributed by atoms with van der Waals surface area (Å²) in [6, 6.07) is 24.9. The van der Waals surface area contributed by atoms with Crippen LogP contribution in [0.5, 0.6) is 0 Å². The van der Waals surface area contributed by atoms with Crippen LogP contribution >= 0.6 is 15.9 Å². The summed E-state index contributed by atoms with van der Waals surface area (Å²) in [7, 11) is 0. The SMILES string of the molecule is O=C1CC(c2ccc(Br)cc2)c2cn(Cc3ccccc3)c3cccc(c23)N1. The first-order chi connectivity index (χ1) is 13.7. The molecule has 3 nitrogen and oxygen atoms in total. The van der Waals surface area contributed by atoms with Gasteiger partial charge in [-0.3, -0.25) is 4.79 Å². The van der Waals surface area contributed by atoms with Gasteiger partial charge in [0.1, 0.15) is 0 Å².